The summed E-state index contributed by atoms with van der Waals surface area (Å²) in [6, 6.07) is 4.34. The lowest BCUT2D eigenvalue weighted by Gasteiger charge is -2.29. The third-order valence-corrected chi connectivity index (χ3v) is 3.52. The van der Waals surface area contributed by atoms with Crippen molar-refractivity contribution in [2.45, 2.75) is 26.3 Å². The number of carbonyl (C=O) groups is 1. The highest BCUT2D eigenvalue weighted by atomic mass is 79.9. The van der Waals surface area contributed by atoms with Gasteiger partial charge in [0, 0.05) is 22.6 Å². The number of carboxylic acid groups (broad SMARTS) is 1. The summed E-state index contributed by atoms with van der Waals surface area (Å²) in [5.41, 5.74) is 0.609. The van der Waals surface area contributed by atoms with Crippen LogP contribution >= 0.6 is 15.9 Å². The van der Waals surface area contributed by atoms with Crippen LogP contribution in [0, 0.1) is 10.1 Å². The monoisotopic (exact) mass is 330 g/mol. The Balaban J connectivity index is 3.15. The minimum absolute atomic E-state index is 0.0221. The SMILES string of the molecule is CCC(C)N(CC(=O)O)c1ccc([N+](=O)[O-])cc1Br. The van der Waals surface area contributed by atoms with E-state index in [-0.39, 0.29) is 18.3 Å². The number of non-ortho nitro benzene ring substituents is 1. The molecule has 0 bridgehead atoms. The summed E-state index contributed by atoms with van der Waals surface area (Å²) in [6.07, 6.45) is 0.775. The molecular weight excluding hydrogens is 316 g/mol. The van der Waals surface area contributed by atoms with Crippen LogP contribution in [0.2, 0.25) is 0 Å². The smallest absolute Gasteiger partial charge is 0.323 e. The van der Waals surface area contributed by atoms with Crippen LogP contribution in [0.1, 0.15) is 20.3 Å². The largest absolute Gasteiger partial charge is 0.480 e. The average Bonchev–Trinajstić information content (AvgIpc) is 2.35. The van der Waals surface area contributed by atoms with Gasteiger partial charge in [-0.3, -0.25) is 14.9 Å². The fraction of sp³-hybridized carbons (Fsp3) is 0.417. The molecule has 0 aromatic heterocycles. The van der Waals surface area contributed by atoms with Gasteiger partial charge in [-0.05, 0) is 35.3 Å². The van der Waals surface area contributed by atoms with Gasteiger partial charge in [0.15, 0.2) is 0 Å². The summed E-state index contributed by atoms with van der Waals surface area (Å²) in [4.78, 5) is 22.8. The third-order valence-electron chi connectivity index (χ3n) is 2.88. The molecule has 0 saturated heterocycles. The fourth-order valence-electron chi connectivity index (χ4n) is 1.69. The van der Waals surface area contributed by atoms with Crippen molar-refractivity contribution in [3.63, 3.8) is 0 Å². The molecule has 104 valence electrons. The molecule has 0 radical (unpaired) electrons. The van der Waals surface area contributed by atoms with Crippen molar-refractivity contribution >= 4 is 33.3 Å². The highest BCUT2D eigenvalue weighted by Crippen LogP contribution is 2.31. The van der Waals surface area contributed by atoms with E-state index >= 15 is 0 Å². The Labute approximate surface area is 119 Å². The number of hydrogen-bond acceptors (Lipinski definition) is 4. The second kappa shape index (κ2) is 6.51. The Hall–Kier alpha value is -1.63. The summed E-state index contributed by atoms with van der Waals surface area (Å²) >= 11 is 3.26. The lowest BCUT2D eigenvalue weighted by atomic mass is 10.1. The van der Waals surface area contributed by atoms with E-state index in [0.29, 0.717) is 10.2 Å². The lowest BCUT2D eigenvalue weighted by Crippen LogP contribution is -2.37. The number of benzene rings is 1. The van der Waals surface area contributed by atoms with E-state index < -0.39 is 10.9 Å². The van der Waals surface area contributed by atoms with Gasteiger partial charge in [0.1, 0.15) is 6.54 Å². The average molecular weight is 331 g/mol. The number of nitro groups is 1. The Kier molecular flexibility index (Phi) is 5.29. The van der Waals surface area contributed by atoms with E-state index in [2.05, 4.69) is 15.9 Å². The topological polar surface area (TPSA) is 83.7 Å². The molecule has 19 heavy (non-hydrogen) atoms. The molecule has 0 aliphatic heterocycles. The Bertz CT molecular complexity index is 493. The first kappa shape index (κ1) is 15.4. The third kappa shape index (κ3) is 3.92. The highest BCUT2D eigenvalue weighted by molar-refractivity contribution is 9.10. The van der Waals surface area contributed by atoms with Crippen LogP contribution in [-0.4, -0.2) is 28.6 Å². The molecule has 0 aliphatic carbocycles. The molecule has 6 nitrogen and oxygen atoms in total. The standard InChI is InChI=1S/C12H15BrN2O4/c1-3-8(2)14(7-12(16)17)11-5-4-9(15(18)19)6-10(11)13/h4-6,8H,3,7H2,1-2H3,(H,16,17). The van der Waals surface area contributed by atoms with E-state index in [9.17, 15) is 14.9 Å². The molecule has 1 rings (SSSR count). The van der Waals surface area contributed by atoms with Crippen LogP contribution in [0.5, 0.6) is 0 Å². The molecule has 0 fully saturated rings. The first-order chi connectivity index (χ1) is 8.86. The van der Waals surface area contributed by atoms with Crippen LogP contribution in [0.25, 0.3) is 0 Å². The van der Waals surface area contributed by atoms with Crippen LogP contribution in [0.3, 0.4) is 0 Å². The number of aliphatic carboxylic acids is 1. The van der Waals surface area contributed by atoms with Gasteiger partial charge in [0.05, 0.1) is 10.6 Å². The number of halogens is 1. The van der Waals surface area contributed by atoms with Gasteiger partial charge >= 0.3 is 5.97 Å². The van der Waals surface area contributed by atoms with Gasteiger partial charge in [-0.1, -0.05) is 6.92 Å². The number of hydrogen-bond donors (Lipinski definition) is 1. The van der Waals surface area contributed by atoms with Crippen molar-refractivity contribution in [3.8, 4) is 0 Å². The molecule has 1 atom stereocenters. The number of rotatable bonds is 6. The van der Waals surface area contributed by atoms with Crippen molar-refractivity contribution in [1.82, 2.24) is 0 Å². The Morgan fingerprint density at radius 3 is 2.63 bits per heavy atom. The molecular formula is C12H15BrN2O4. The minimum Gasteiger partial charge on any atom is -0.480 e. The minimum atomic E-state index is -0.939. The summed E-state index contributed by atoms with van der Waals surface area (Å²) < 4.78 is 0.517. The zero-order valence-corrected chi connectivity index (χ0v) is 12.3. The van der Waals surface area contributed by atoms with E-state index in [1.807, 2.05) is 13.8 Å². The van der Waals surface area contributed by atoms with Crippen LogP contribution in [0.15, 0.2) is 22.7 Å². The molecule has 0 saturated carbocycles. The second-order valence-corrected chi connectivity index (χ2v) is 5.03. The van der Waals surface area contributed by atoms with E-state index in [1.165, 1.54) is 12.1 Å². The second-order valence-electron chi connectivity index (χ2n) is 4.17. The first-order valence-electron chi connectivity index (χ1n) is 5.79. The number of nitro benzene ring substituents is 1. The van der Waals surface area contributed by atoms with Crippen molar-refractivity contribution in [1.29, 1.82) is 0 Å². The molecule has 1 N–H and O–H groups in total. The van der Waals surface area contributed by atoms with Gasteiger partial charge < -0.3 is 10.0 Å². The molecule has 0 spiro atoms. The normalized spacial score (nSPS) is 11.9. The predicted octanol–water partition coefficient (Wildman–Crippen LogP) is 3.05. The predicted molar refractivity (Wildman–Crippen MR) is 75.5 cm³/mol. The maximum absolute atomic E-state index is 10.9. The van der Waals surface area contributed by atoms with Crippen molar-refractivity contribution in [3.05, 3.63) is 32.8 Å². The molecule has 1 aromatic carbocycles. The zero-order valence-electron chi connectivity index (χ0n) is 10.7. The van der Waals surface area contributed by atoms with Gasteiger partial charge in [-0.2, -0.15) is 0 Å². The summed E-state index contributed by atoms with van der Waals surface area (Å²) in [5.74, 6) is -0.939. The maximum Gasteiger partial charge on any atom is 0.323 e. The van der Waals surface area contributed by atoms with Crippen molar-refractivity contribution in [2.24, 2.45) is 0 Å². The van der Waals surface area contributed by atoms with Crippen LogP contribution in [0.4, 0.5) is 11.4 Å². The zero-order chi connectivity index (χ0) is 14.6. The van der Waals surface area contributed by atoms with E-state index in [0.717, 1.165) is 6.42 Å². The quantitative estimate of drug-likeness (QED) is 0.640. The Morgan fingerprint density at radius 2 is 2.21 bits per heavy atom. The molecule has 0 amide bonds. The Morgan fingerprint density at radius 1 is 1.58 bits per heavy atom. The number of nitrogens with zero attached hydrogens (tertiary/aromatic N) is 2. The van der Waals surface area contributed by atoms with E-state index in [4.69, 9.17) is 5.11 Å². The van der Waals surface area contributed by atoms with Gasteiger partial charge in [0.2, 0.25) is 0 Å². The molecule has 1 unspecified atom stereocenters. The fourth-order valence-corrected chi connectivity index (χ4v) is 2.28. The molecule has 0 aliphatic rings. The molecule has 7 heteroatoms. The first-order valence-corrected chi connectivity index (χ1v) is 6.58. The summed E-state index contributed by atoms with van der Waals surface area (Å²) in [5, 5.41) is 19.6. The number of carboxylic acids is 1. The number of anilines is 1. The summed E-state index contributed by atoms with van der Waals surface area (Å²) in [7, 11) is 0. The van der Waals surface area contributed by atoms with Gasteiger partial charge in [0.25, 0.3) is 5.69 Å². The molecule has 1 aromatic rings. The lowest BCUT2D eigenvalue weighted by molar-refractivity contribution is -0.384. The summed E-state index contributed by atoms with van der Waals surface area (Å²) in [6.45, 7) is 3.72. The van der Waals surface area contributed by atoms with E-state index in [1.54, 1.807) is 11.0 Å². The van der Waals surface area contributed by atoms with Crippen molar-refractivity contribution in [2.75, 3.05) is 11.4 Å². The van der Waals surface area contributed by atoms with Gasteiger partial charge in [-0.25, -0.2) is 0 Å². The maximum atomic E-state index is 10.9. The highest BCUT2D eigenvalue weighted by Gasteiger charge is 2.20. The molecule has 0 heterocycles. The van der Waals surface area contributed by atoms with Crippen LogP contribution < -0.4 is 4.90 Å². The van der Waals surface area contributed by atoms with Gasteiger partial charge in [-0.15, -0.1) is 0 Å². The van der Waals surface area contributed by atoms with Crippen molar-refractivity contribution < 1.29 is 14.8 Å². The van der Waals surface area contributed by atoms with Crippen LogP contribution in [-0.2, 0) is 4.79 Å².